The van der Waals surface area contributed by atoms with E-state index in [-0.39, 0.29) is 17.9 Å². The number of hydrogen-bond donors (Lipinski definition) is 1. The van der Waals surface area contributed by atoms with Gasteiger partial charge in [0.1, 0.15) is 5.69 Å². The van der Waals surface area contributed by atoms with Crippen molar-refractivity contribution in [2.45, 2.75) is 44.7 Å². The van der Waals surface area contributed by atoms with Gasteiger partial charge in [-0.25, -0.2) is 0 Å². The van der Waals surface area contributed by atoms with E-state index in [0.29, 0.717) is 34.9 Å². The van der Waals surface area contributed by atoms with E-state index < -0.39 is 24.1 Å². The van der Waals surface area contributed by atoms with Crippen molar-refractivity contribution in [2.24, 2.45) is 0 Å². The first-order chi connectivity index (χ1) is 14.3. The molecule has 4 rings (SSSR count). The average Bonchev–Trinajstić information content (AvgIpc) is 3.39. The summed E-state index contributed by atoms with van der Waals surface area (Å²) < 4.78 is 53.7. The maximum Gasteiger partial charge on any atom is 0.433 e. The van der Waals surface area contributed by atoms with Crippen molar-refractivity contribution in [1.82, 2.24) is 14.9 Å². The van der Waals surface area contributed by atoms with Crippen LogP contribution in [0.3, 0.4) is 0 Å². The second-order valence-corrected chi connectivity index (χ2v) is 7.60. The number of aliphatic hydroxyl groups is 1. The second kappa shape index (κ2) is 8.05. The molecular formula is C20H19ClF3N3O3. The van der Waals surface area contributed by atoms with Crippen LogP contribution < -0.4 is 0 Å². The van der Waals surface area contributed by atoms with Gasteiger partial charge in [0.2, 0.25) is 0 Å². The van der Waals surface area contributed by atoms with E-state index in [9.17, 15) is 18.3 Å². The molecule has 2 atom stereocenters. The summed E-state index contributed by atoms with van der Waals surface area (Å²) in [6.45, 7) is 1.57. The zero-order valence-corrected chi connectivity index (χ0v) is 16.7. The number of nitrogens with zero attached hydrogens (tertiary/aromatic N) is 3. The van der Waals surface area contributed by atoms with Crippen molar-refractivity contribution < 1.29 is 27.5 Å². The molecule has 2 aromatic heterocycles. The summed E-state index contributed by atoms with van der Waals surface area (Å²) in [5, 5.41) is 17.9. The van der Waals surface area contributed by atoms with Crippen LogP contribution in [0.2, 0.25) is 5.02 Å². The molecule has 1 fully saturated rings. The first kappa shape index (κ1) is 20.9. The largest absolute Gasteiger partial charge is 0.433 e. The van der Waals surface area contributed by atoms with Crippen LogP contribution in [0.1, 0.15) is 37.1 Å². The predicted octanol–water partition coefficient (Wildman–Crippen LogP) is 5.11. The summed E-state index contributed by atoms with van der Waals surface area (Å²) in [6, 6.07) is 6.91. The van der Waals surface area contributed by atoms with Gasteiger partial charge < -0.3 is 14.4 Å². The normalized spacial score (nSPS) is 18.1. The lowest BCUT2D eigenvalue weighted by Gasteiger charge is -2.15. The first-order valence-electron chi connectivity index (χ1n) is 9.45. The van der Waals surface area contributed by atoms with Crippen LogP contribution in [0, 0.1) is 0 Å². The molecule has 0 saturated carbocycles. The number of aliphatic hydroxyl groups excluding tert-OH is 1. The van der Waals surface area contributed by atoms with Crippen LogP contribution in [-0.4, -0.2) is 32.8 Å². The fourth-order valence-electron chi connectivity index (χ4n) is 3.68. The van der Waals surface area contributed by atoms with E-state index in [1.54, 1.807) is 24.3 Å². The topological polar surface area (TPSA) is 73.3 Å². The number of alkyl halides is 3. The summed E-state index contributed by atoms with van der Waals surface area (Å²) in [7, 11) is 0. The van der Waals surface area contributed by atoms with E-state index >= 15 is 0 Å². The van der Waals surface area contributed by atoms with E-state index in [4.69, 9.17) is 20.9 Å². The maximum absolute atomic E-state index is 13.9. The molecule has 6 nitrogen and oxygen atoms in total. The van der Waals surface area contributed by atoms with Gasteiger partial charge in [-0.1, -0.05) is 35.0 Å². The van der Waals surface area contributed by atoms with Gasteiger partial charge in [0.25, 0.3) is 0 Å². The number of ether oxygens (including phenoxy) is 1. The third kappa shape index (κ3) is 3.84. The first-order valence-corrected chi connectivity index (χ1v) is 9.82. The molecule has 1 saturated heterocycles. The molecule has 1 aliphatic heterocycles. The van der Waals surface area contributed by atoms with Crippen LogP contribution in [0.4, 0.5) is 13.2 Å². The van der Waals surface area contributed by atoms with E-state index in [2.05, 4.69) is 10.3 Å². The molecule has 0 spiro atoms. The Bertz CT molecular complexity index is 1040. The molecule has 1 aromatic carbocycles. The zero-order valence-electron chi connectivity index (χ0n) is 16.0. The van der Waals surface area contributed by atoms with Gasteiger partial charge in [-0.2, -0.15) is 18.3 Å². The van der Waals surface area contributed by atoms with Crippen molar-refractivity contribution in [1.29, 1.82) is 0 Å². The van der Waals surface area contributed by atoms with Gasteiger partial charge in [0, 0.05) is 12.2 Å². The van der Waals surface area contributed by atoms with Crippen LogP contribution in [-0.2, 0) is 17.5 Å². The Hall–Kier alpha value is -2.36. The van der Waals surface area contributed by atoms with Crippen molar-refractivity contribution >= 4 is 11.6 Å². The number of rotatable bonds is 5. The van der Waals surface area contributed by atoms with E-state index in [1.807, 2.05) is 0 Å². The lowest BCUT2D eigenvalue weighted by Crippen LogP contribution is -2.21. The van der Waals surface area contributed by atoms with E-state index in [1.165, 1.54) is 6.92 Å². The quantitative estimate of drug-likeness (QED) is 0.595. The van der Waals surface area contributed by atoms with Crippen molar-refractivity contribution in [3.8, 4) is 22.6 Å². The molecule has 0 radical (unpaired) electrons. The minimum Gasteiger partial charge on any atom is -0.391 e. The van der Waals surface area contributed by atoms with Crippen LogP contribution in [0.15, 0.2) is 35.0 Å². The third-order valence-electron chi connectivity index (χ3n) is 4.90. The molecular weight excluding hydrogens is 423 g/mol. The summed E-state index contributed by atoms with van der Waals surface area (Å²) in [5.41, 5.74) is 0.0511. The number of halogens is 4. The minimum absolute atomic E-state index is 0.0546. The molecule has 160 valence electrons. The molecule has 1 N–H and O–H groups in total. The monoisotopic (exact) mass is 441 g/mol. The van der Waals surface area contributed by atoms with Gasteiger partial charge in [-0.3, -0.25) is 4.68 Å². The second-order valence-electron chi connectivity index (χ2n) is 7.19. The summed E-state index contributed by atoms with van der Waals surface area (Å²) in [5.74, 6) is -0.0546. The Morgan fingerprint density at radius 3 is 2.70 bits per heavy atom. The Labute approximate surface area is 175 Å². The standard InChI is InChI=1S/C20H19ClF3N3O3/c1-11(28)10-27-19(20(22,23)24)13(9-25-27)18-16(15-7-4-8-29-15)17(26-30-18)12-5-2-3-6-14(12)21/h2-3,5-6,9,11,15,28H,4,7-8,10H2,1H3. The molecule has 10 heteroatoms. The van der Waals surface area contributed by atoms with Gasteiger partial charge in [-0.15, -0.1) is 0 Å². The van der Waals surface area contributed by atoms with Gasteiger partial charge in [0.15, 0.2) is 11.5 Å². The Morgan fingerprint density at radius 1 is 1.30 bits per heavy atom. The molecule has 0 bridgehead atoms. The summed E-state index contributed by atoms with van der Waals surface area (Å²) >= 11 is 6.31. The summed E-state index contributed by atoms with van der Waals surface area (Å²) in [6.07, 6.45) is -3.73. The Kier molecular flexibility index (Phi) is 5.61. The highest BCUT2D eigenvalue weighted by Crippen LogP contribution is 2.46. The van der Waals surface area contributed by atoms with Gasteiger partial charge in [-0.05, 0) is 25.8 Å². The smallest absolute Gasteiger partial charge is 0.391 e. The van der Waals surface area contributed by atoms with Crippen LogP contribution in [0.5, 0.6) is 0 Å². The molecule has 30 heavy (non-hydrogen) atoms. The number of aromatic nitrogens is 3. The SMILES string of the molecule is CC(O)Cn1ncc(-c2onc(-c3ccccc3Cl)c2C2CCCO2)c1C(F)(F)F. The molecule has 0 aliphatic carbocycles. The fraction of sp³-hybridized carbons (Fsp3) is 0.400. The molecule has 0 amide bonds. The minimum atomic E-state index is -4.72. The highest BCUT2D eigenvalue weighted by Gasteiger charge is 2.42. The highest BCUT2D eigenvalue weighted by atomic mass is 35.5. The molecule has 2 unspecified atom stereocenters. The van der Waals surface area contributed by atoms with Crippen molar-refractivity contribution in [2.75, 3.05) is 6.61 Å². The number of hydrogen-bond acceptors (Lipinski definition) is 5. The molecule has 3 aromatic rings. The summed E-state index contributed by atoms with van der Waals surface area (Å²) in [4.78, 5) is 0. The molecule has 1 aliphatic rings. The van der Waals surface area contributed by atoms with Gasteiger partial charge >= 0.3 is 6.18 Å². The lowest BCUT2D eigenvalue weighted by molar-refractivity contribution is -0.144. The van der Waals surface area contributed by atoms with Crippen molar-refractivity contribution in [3.05, 3.63) is 46.7 Å². The van der Waals surface area contributed by atoms with Crippen molar-refractivity contribution in [3.63, 3.8) is 0 Å². The van der Waals surface area contributed by atoms with Gasteiger partial charge in [0.05, 0.1) is 41.1 Å². The third-order valence-corrected chi connectivity index (χ3v) is 5.23. The average molecular weight is 442 g/mol. The fourth-order valence-corrected chi connectivity index (χ4v) is 3.91. The Morgan fingerprint density at radius 2 is 2.07 bits per heavy atom. The maximum atomic E-state index is 13.9. The lowest BCUT2D eigenvalue weighted by atomic mass is 9.96. The highest BCUT2D eigenvalue weighted by molar-refractivity contribution is 6.33. The Balaban J connectivity index is 1.92. The molecule has 3 heterocycles. The zero-order chi connectivity index (χ0) is 21.5. The van der Waals surface area contributed by atoms with Crippen LogP contribution in [0.25, 0.3) is 22.6 Å². The van der Waals surface area contributed by atoms with Crippen LogP contribution >= 0.6 is 11.6 Å². The predicted molar refractivity (Wildman–Crippen MR) is 103 cm³/mol. The number of benzene rings is 1. The van der Waals surface area contributed by atoms with E-state index in [0.717, 1.165) is 17.3 Å².